The van der Waals surface area contributed by atoms with Crippen molar-refractivity contribution in [2.75, 3.05) is 18.0 Å². The van der Waals surface area contributed by atoms with Gasteiger partial charge >= 0.3 is 0 Å². The van der Waals surface area contributed by atoms with Gasteiger partial charge in [0.05, 0.1) is 22.6 Å². The van der Waals surface area contributed by atoms with E-state index in [9.17, 15) is 28.1 Å². The SMILES string of the molecule is COc1ccc(Cl)cc1N(CC(=O)N(Cc1ccc(Cl)cc1)C(C)C(=O)NC1CCCC1)S(=O)(=O)c1ccc(C)c([N+](=O)[O-])c1. The van der Waals surface area contributed by atoms with E-state index in [1.807, 2.05) is 0 Å². The maximum atomic E-state index is 14.2. The van der Waals surface area contributed by atoms with Crippen LogP contribution >= 0.6 is 23.2 Å². The molecular weight excluding hydrogens is 643 g/mol. The number of carbonyl (C=O) groups excluding carboxylic acids is 2. The number of ether oxygens (including phenoxy) is 1. The smallest absolute Gasteiger partial charge is 0.273 e. The van der Waals surface area contributed by atoms with Crippen molar-refractivity contribution in [1.82, 2.24) is 10.2 Å². The van der Waals surface area contributed by atoms with E-state index in [4.69, 9.17) is 27.9 Å². The fraction of sp³-hybridized carbons (Fsp3) is 0.355. The Labute approximate surface area is 272 Å². The van der Waals surface area contributed by atoms with Crippen LogP contribution in [0.1, 0.15) is 43.7 Å². The molecule has 1 unspecified atom stereocenters. The van der Waals surface area contributed by atoms with E-state index >= 15 is 0 Å². The van der Waals surface area contributed by atoms with Gasteiger partial charge in [-0.05, 0) is 68.7 Å². The molecule has 0 aliphatic heterocycles. The van der Waals surface area contributed by atoms with Gasteiger partial charge in [0, 0.05) is 34.3 Å². The average Bonchev–Trinajstić information content (AvgIpc) is 3.52. The topological polar surface area (TPSA) is 139 Å². The van der Waals surface area contributed by atoms with Crippen LogP contribution in [-0.4, -0.2) is 55.8 Å². The van der Waals surface area contributed by atoms with Gasteiger partial charge < -0.3 is 15.0 Å². The van der Waals surface area contributed by atoms with Crippen LogP contribution in [0.5, 0.6) is 5.75 Å². The highest BCUT2D eigenvalue weighted by atomic mass is 35.5. The van der Waals surface area contributed by atoms with E-state index in [0.29, 0.717) is 10.6 Å². The fourth-order valence-corrected chi connectivity index (χ4v) is 6.94. The minimum atomic E-state index is -4.62. The van der Waals surface area contributed by atoms with E-state index in [-0.39, 0.29) is 40.5 Å². The molecule has 14 heteroatoms. The lowest BCUT2D eigenvalue weighted by Crippen LogP contribution is -2.52. The number of carbonyl (C=O) groups is 2. The standard InChI is InChI=1S/C31H34Cl2N4O7S/c1-20-8-14-26(17-27(20)37(40)41)45(42,43)36(28-16-24(33)13-15-29(28)44-3)19-30(38)35(18-22-9-11-23(32)12-10-22)21(2)31(39)34-25-6-4-5-7-25/h8-17,21,25H,4-7,18-19H2,1-3H3,(H,34,39). The molecule has 2 amide bonds. The molecule has 4 rings (SSSR count). The molecule has 45 heavy (non-hydrogen) atoms. The molecule has 0 saturated heterocycles. The van der Waals surface area contributed by atoms with Gasteiger partial charge in [-0.1, -0.05) is 54.2 Å². The second-order valence-corrected chi connectivity index (χ2v) is 13.6. The van der Waals surface area contributed by atoms with Crippen LogP contribution in [0.4, 0.5) is 11.4 Å². The number of anilines is 1. The molecular formula is C31H34Cl2N4O7S. The predicted octanol–water partition coefficient (Wildman–Crippen LogP) is 5.89. The summed E-state index contributed by atoms with van der Waals surface area (Å²) in [5, 5.41) is 15.3. The third-order valence-corrected chi connectivity index (χ3v) is 10.0. The number of rotatable bonds is 12. The second-order valence-electron chi connectivity index (χ2n) is 10.8. The third kappa shape index (κ3) is 8.05. The number of nitro benzene ring substituents is 1. The molecule has 1 aliphatic carbocycles. The predicted molar refractivity (Wildman–Crippen MR) is 172 cm³/mol. The Morgan fingerprint density at radius 1 is 1.04 bits per heavy atom. The molecule has 0 aromatic heterocycles. The van der Waals surface area contributed by atoms with Gasteiger partial charge in [0.25, 0.3) is 15.7 Å². The zero-order chi connectivity index (χ0) is 32.9. The van der Waals surface area contributed by atoms with Gasteiger partial charge in [0.2, 0.25) is 11.8 Å². The van der Waals surface area contributed by atoms with E-state index in [0.717, 1.165) is 36.1 Å². The quantitative estimate of drug-likeness (QED) is 0.186. The summed E-state index contributed by atoms with van der Waals surface area (Å²) in [6.45, 7) is 2.28. The van der Waals surface area contributed by atoms with E-state index < -0.39 is 44.0 Å². The lowest BCUT2D eigenvalue weighted by Gasteiger charge is -2.33. The lowest BCUT2D eigenvalue weighted by atomic mass is 10.1. The molecule has 0 bridgehead atoms. The number of halogens is 2. The third-order valence-electron chi connectivity index (χ3n) is 7.79. The molecule has 11 nitrogen and oxygen atoms in total. The zero-order valence-electron chi connectivity index (χ0n) is 25.0. The summed E-state index contributed by atoms with van der Waals surface area (Å²) in [6, 6.07) is 13.5. The Balaban J connectivity index is 1.78. The molecule has 240 valence electrons. The molecule has 0 spiro atoms. The Bertz CT molecular complexity index is 1680. The second kappa shape index (κ2) is 14.5. The number of hydrogen-bond acceptors (Lipinski definition) is 7. The normalized spacial score (nSPS) is 14.1. The molecule has 1 fully saturated rings. The van der Waals surface area contributed by atoms with Crippen LogP contribution in [0.2, 0.25) is 10.0 Å². The van der Waals surface area contributed by atoms with Crippen LogP contribution in [0.25, 0.3) is 0 Å². The van der Waals surface area contributed by atoms with Crippen molar-refractivity contribution < 1.29 is 27.7 Å². The van der Waals surface area contributed by atoms with Crippen molar-refractivity contribution in [1.29, 1.82) is 0 Å². The Hall–Kier alpha value is -3.87. The highest BCUT2D eigenvalue weighted by molar-refractivity contribution is 7.92. The van der Waals surface area contributed by atoms with E-state index in [2.05, 4.69) is 5.32 Å². The number of nitrogens with zero attached hydrogens (tertiary/aromatic N) is 3. The van der Waals surface area contributed by atoms with Crippen molar-refractivity contribution in [2.24, 2.45) is 0 Å². The minimum absolute atomic E-state index is 0.00244. The summed E-state index contributed by atoms with van der Waals surface area (Å²) in [4.78, 5) is 39.5. The number of benzene rings is 3. The summed E-state index contributed by atoms with van der Waals surface area (Å²) in [6.07, 6.45) is 3.68. The number of nitro groups is 1. The highest BCUT2D eigenvalue weighted by Gasteiger charge is 2.35. The van der Waals surface area contributed by atoms with Crippen LogP contribution in [0.15, 0.2) is 65.6 Å². The zero-order valence-corrected chi connectivity index (χ0v) is 27.4. The van der Waals surface area contributed by atoms with Gasteiger partial charge in [-0.2, -0.15) is 0 Å². The highest BCUT2D eigenvalue weighted by Crippen LogP contribution is 2.36. The van der Waals surface area contributed by atoms with E-state index in [1.165, 1.54) is 49.3 Å². The maximum Gasteiger partial charge on any atom is 0.273 e. The number of sulfonamides is 1. The van der Waals surface area contributed by atoms with Crippen LogP contribution in [0.3, 0.4) is 0 Å². The first-order valence-electron chi connectivity index (χ1n) is 14.3. The first-order chi connectivity index (χ1) is 21.3. The molecule has 3 aromatic carbocycles. The van der Waals surface area contributed by atoms with Gasteiger partial charge in [-0.25, -0.2) is 8.42 Å². The van der Waals surface area contributed by atoms with Crippen LogP contribution in [0, 0.1) is 17.0 Å². The van der Waals surface area contributed by atoms with Crippen molar-refractivity contribution in [3.8, 4) is 5.75 Å². The van der Waals surface area contributed by atoms with Gasteiger partial charge in [-0.15, -0.1) is 0 Å². The summed E-state index contributed by atoms with van der Waals surface area (Å²) in [5.41, 5.74) is 0.466. The number of methoxy groups -OCH3 is 1. The van der Waals surface area contributed by atoms with Crippen molar-refractivity contribution in [3.05, 3.63) is 92.0 Å². The van der Waals surface area contributed by atoms with Gasteiger partial charge in [0.1, 0.15) is 18.3 Å². The maximum absolute atomic E-state index is 14.2. The number of aryl methyl sites for hydroxylation is 1. The Morgan fingerprint density at radius 3 is 2.31 bits per heavy atom. The molecule has 1 saturated carbocycles. The summed E-state index contributed by atoms with van der Waals surface area (Å²) >= 11 is 12.3. The number of nitrogens with one attached hydrogen (secondary N) is 1. The monoisotopic (exact) mass is 676 g/mol. The van der Waals surface area contributed by atoms with Crippen molar-refractivity contribution >= 4 is 56.4 Å². The van der Waals surface area contributed by atoms with Crippen molar-refractivity contribution in [3.63, 3.8) is 0 Å². The molecule has 1 N–H and O–H groups in total. The molecule has 0 radical (unpaired) electrons. The van der Waals surface area contributed by atoms with Gasteiger partial charge in [0.15, 0.2) is 0 Å². The first-order valence-corrected chi connectivity index (χ1v) is 16.5. The minimum Gasteiger partial charge on any atom is -0.495 e. The molecule has 1 aliphatic rings. The lowest BCUT2D eigenvalue weighted by molar-refractivity contribution is -0.385. The van der Waals surface area contributed by atoms with E-state index in [1.54, 1.807) is 31.2 Å². The van der Waals surface area contributed by atoms with Crippen LogP contribution in [-0.2, 0) is 26.2 Å². The average molecular weight is 678 g/mol. The van der Waals surface area contributed by atoms with Crippen LogP contribution < -0.4 is 14.4 Å². The van der Waals surface area contributed by atoms with Crippen molar-refractivity contribution in [2.45, 2.75) is 63.1 Å². The Kier molecular flexibility index (Phi) is 10.9. The molecule has 0 heterocycles. The summed E-state index contributed by atoms with van der Waals surface area (Å²) in [5.74, 6) is -0.979. The first kappa shape index (κ1) is 34.0. The molecule has 3 aromatic rings. The van der Waals surface area contributed by atoms with Gasteiger partial charge in [-0.3, -0.25) is 24.0 Å². The number of amides is 2. The summed E-state index contributed by atoms with van der Waals surface area (Å²) < 4.78 is 34.7. The fourth-order valence-electron chi connectivity index (χ4n) is 5.21. The molecule has 1 atom stereocenters. The Morgan fingerprint density at radius 2 is 1.69 bits per heavy atom. The number of hydrogen-bond donors (Lipinski definition) is 1. The summed E-state index contributed by atoms with van der Waals surface area (Å²) in [7, 11) is -3.29. The largest absolute Gasteiger partial charge is 0.495 e.